The van der Waals surface area contributed by atoms with E-state index in [0.29, 0.717) is 29.5 Å². The summed E-state index contributed by atoms with van der Waals surface area (Å²) in [6.45, 7) is 6.47. The van der Waals surface area contributed by atoms with Gasteiger partial charge in [0.2, 0.25) is 0 Å². The lowest BCUT2D eigenvalue weighted by Gasteiger charge is -2.37. The zero-order valence-electron chi connectivity index (χ0n) is 14.2. The van der Waals surface area contributed by atoms with Gasteiger partial charge in [-0.2, -0.15) is 0 Å². The molecule has 24 heavy (non-hydrogen) atoms. The molecular weight excluding hydrogens is 332 g/mol. The lowest BCUT2D eigenvalue weighted by Crippen LogP contribution is -2.48. The number of thiocarbonyl (C=S) groups is 1. The van der Waals surface area contributed by atoms with Crippen LogP contribution in [0.25, 0.3) is 0 Å². The molecule has 0 saturated heterocycles. The van der Waals surface area contributed by atoms with Gasteiger partial charge in [-0.1, -0.05) is 6.07 Å². The summed E-state index contributed by atoms with van der Waals surface area (Å²) in [4.78, 5) is 16.2. The number of amides is 1. The highest BCUT2D eigenvalue weighted by atomic mass is 32.1. The molecule has 0 saturated carbocycles. The van der Waals surface area contributed by atoms with Crippen LogP contribution in [0.4, 0.5) is 8.78 Å². The molecule has 0 bridgehead atoms. The number of hydrogen-bond acceptors (Lipinski definition) is 2. The van der Waals surface area contributed by atoms with E-state index in [-0.39, 0.29) is 11.5 Å². The summed E-state index contributed by atoms with van der Waals surface area (Å²) in [6, 6.07) is 2.69. The van der Waals surface area contributed by atoms with Gasteiger partial charge in [0, 0.05) is 25.8 Å². The largest absolute Gasteiger partial charge is 0.351 e. The SMILES string of the molecule is CCN(CC)C(=O)C1=C(C)N(C)C(=S)NC1c1c(F)cccc1F. The molecule has 0 aromatic heterocycles. The highest BCUT2D eigenvalue weighted by molar-refractivity contribution is 7.80. The van der Waals surface area contributed by atoms with Crippen molar-refractivity contribution in [2.24, 2.45) is 0 Å². The van der Waals surface area contributed by atoms with Gasteiger partial charge in [-0.3, -0.25) is 4.79 Å². The maximum atomic E-state index is 14.3. The maximum absolute atomic E-state index is 14.3. The minimum absolute atomic E-state index is 0.192. The first-order chi connectivity index (χ1) is 11.3. The Morgan fingerprint density at radius 1 is 1.29 bits per heavy atom. The van der Waals surface area contributed by atoms with Crippen molar-refractivity contribution < 1.29 is 13.6 Å². The second-order valence-electron chi connectivity index (χ2n) is 5.55. The van der Waals surface area contributed by atoms with Gasteiger partial charge in [0.1, 0.15) is 11.6 Å². The molecule has 1 unspecified atom stereocenters. The highest BCUT2D eigenvalue weighted by Gasteiger charge is 2.36. The minimum atomic E-state index is -0.956. The summed E-state index contributed by atoms with van der Waals surface area (Å²) in [6.07, 6.45) is 0. The third kappa shape index (κ3) is 3.13. The summed E-state index contributed by atoms with van der Waals surface area (Å²) in [7, 11) is 1.72. The number of carbonyl (C=O) groups is 1. The van der Waals surface area contributed by atoms with Crippen LogP contribution in [0, 0.1) is 11.6 Å². The van der Waals surface area contributed by atoms with E-state index in [2.05, 4.69) is 5.32 Å². The van der Waals surface area contributed by atoms with Gasteiger partial charge >= 0.3 is 0 Å². The highest BCUT2D eigenvalue weighted by Crippen LogP contribution is 2.33. The number of likely N-dealkylation sites (N-methyl/N-ethyl adjacent to an activating group) is 1. The smallest absolute Gasteiger partial charge is 0.253 e. The first-order valence-electron chi connectivity index (χ1n) is 7.81. The molecule has 4 nitrogen and oxygen atoms in total. The van der Waals surface area contributed by atoms with E-state index < -0.39 is 17.7 Å². The number of hydrogen-bond donors (Lipinski definition) is 1. The average Bonchev–Trinajstić information content (AvgIpc) is 2.53. The van der Waals surface area contributed by atoms with Gasteiger partial charge in [0.15, 0.2) is 5.11 Å². The van der Waals surface area contributed by atoms with E-state index in [1.54, 1.807) is 23.8 Å². The second kappa shape index (κ2) is 7.25. The van der Waals surface area contributed by atoms with Crippen molar-refractivity contribution in [1.82, 2.24) is 15.1 Å². The van der Waals surface area contributed by atoms with Gasteiger partial charge in [-0.05, 0) is 45.1 Å². The third-order valence-electron chi connectivity index (χ3n) is 4.32. The van der Waals surface area contributed by atoms with Crippen molar-refractivity contribution in [1.29, 1.82) is 0 Å². The Bertz CT molecular complexity index is 681. The first-order valence-corrected chi connectivity index (χ1v) is 8.22. The van der Waals surface area contributed by atoms with Crippen molar-refractivity contribution in [2.75, 3.05) is 20.1 Å². The molecule has 1 atom stereocenters. The molecule has 0 fully saturated rings. The number of carbonyl (C=O) groups excluding carboxylic acids is 1. The molecule has 7 heteroatoms. The van der Waals surface area contributed by atoms with Gasteiger partial charge < -0.3 is 15.1 Å². The fourth-order valence-electron chi connectivity index (χ4n) is 2.80. The number of nitrogens with one attached hydrogen (secondary N) is 1. The monoisotopic (exact) mass is 353 g/mol. The Morgan fingerprint density at radius 2 is 1.83 bits per heavy atom. The molecule has 1 aromatic carbocycles. The van der Waals surface area contributed by atoms with Crippen LogP contribution in [0.2, 0.25) is 0 Å². The predicted molar refractivity (Wildman–Crippen MR) is 93.2 cm³/mol. The number of nitrogens with zero attached hydrogens (tertiary/aromatic N) is 2. The number of benzene rings is 1. The van der Waals surface area contributed by atoms with Crippen molar-refractivity contribution in [2.45, 2.75) is 26.8 Å². The van der Waals surface area contributed by atoms with Crippen LogP contribution in [0.3, 0.4) is 0 Å². The van der Waals surface area contributed by atoms with Gasteiger partial charge in [0.25, 0.3) is 5.91 Å². The Balaban J connectivity index is 2.64. The van der Waals surface area contributed by atoms with E-state index in [4.69, 9.17) is 12.2 Å². The van der Waals surface area contributed by atoms with Crippen molar-refractivity contribution in [3.8, 4) is 0 Å². The normalized spacial score (nSPS) is 17.8. The van der Waals surface area contributed by atoms with E-state index in [1.165, 1.54) is 18.2 Å². The van der Waals surface area contributed by atoms with Crippen LogP contribution in [0.5, 0.6) is 0 Å². The molecule has 1 amide bonds. The molecule has 1 aliphatic rings. The molecule has 0 radical (unpaired) electrons. The standard InChI is InChI=1S/C17H21F2N3OS/c1-5-22(6-2)16(23)13-10(3)21(4)17(24)20-15(13)14-11(18)8-7-9-12(14)19/h7-9,15H,5-6H2,1-4H3,(H,20,24). The van der Waals surface area contributed by atoms with Crippen LogP contribution in [0.1, 0.15) is 32.4 Å². The summed E-state index contributed by atoms with van der Waals surface area (Å²) < 4.78 is 28.6. The van der Waals surface area contributed by atoms with E-state index in [9.17, 15) is 13.6 Å². The predicted octanol–water partition coefficient (Wildman–Crippen LogP) is 2.97. The molecule has 1 aromatic rings. The average molecular weight is 353 g/mol. The zero-order valence-corrected chi connectivity index (χ0v) is 15.0. The van der Waals surface area contributed by atoms with Gasteiger partial charge in [0.05, 0.1) is 17.2 Å². The van der Waals surface area contributed by atoms with Crippen LogP contribution < -0.4 is 5.32 Å². The molecule has 1 heterocycles. The van der Waals surface area contributed by atoms with Crippen LogP contribution in [-0.4, -0.2) is 41.0 Å². The molecule has 2 rings (SSSR count). The van der Waals surface area contributed by atoms with Crippen LogP contribution >= 0.6 is 12.2 Å². The Labute approximate surface area is 146 Å². The summed E-state index contributed by atoms with van der Waals surface area (Å²) >= 11 is 5.24. The lowest BCUT2D eigenvalue weighted by atomic mass is 9.93. The number of rotatable bonds is 4. The summed E-state index contributed by atoms with van der Waals surface area (Å²) in [5, 5.41) is 3.22. The maximum Gasteiger partial charge on any atom is 0.253 e. The minimum Gasteiger partial charge on any atom is -0.351 e. The van der Waals surface area contributed by atoms with Crippen molar-refractivity contribution in [3.63, 3.8) is 0 Å². The molecule has 130 valence electrons. The van der Waals surface area contributed by atoms with E-state index >= 15 is 0 Å². The topological polar surface area (TPSA) is 35.6 Å². The van der Waals surface area contributed by atoms with E-state index in [0.717, 1.165) is 0 Å². The number of allylic oxidation sites excluding steroid dienone is 1. The van der Waals surface area contributed by atoms with Gasteiger partial charge in [-0.25, -0.2) is 8.78 Å². The summed E-state index contributed by atoms with van der Waals surface area (Å²) in [5.41, 5.74) is 0.699. The summed E-state index contributed by atoms with van der Waals surface area (Å²) in [5.74, 6) is -1.68. The van der Waals surface area contributed by atoms with Gasteiger partial charge in [-0.15, -0.1) is 0 Å². The Kier molecular flexibility index (Phi) is 5.54. The second-order valence-corrected chi connectivity index (χ2v) is 5.94. The first kappa shape index (κ1) is 18.3. The quantitative estimate of drug-likeness (QED) is 0.844. The van der Waals surface area contributed by atoms with E-state index in [1.807, 2.05) is 13.8 Å². The molecule has 0 spiro atoms. The lowest BCUT2D eigenvalue weighted by molar-refractivity contribution is -0.127. The van der Waals surface area contributed by atoms with Crippen LogP contribution in [-0.2, 0) is 4.79 Å². The van der Waals surface area contributed by atoms with Crippen molar-refractivity contribution in [3.05, 3.63) is 46.7 Å². The number of halogens is 2. The Morgan fingerprint density at radius 3 is 2.33 bits per heavy atom. The third-order valence-corrected chi connectivity index (χ3v) is 4.72. The fraction of sp³-hybridized carbons (Fsp3) is 0.412. The molecule has 1 N–H and O–H groups in total. The zero-order chi connectivity index (χ0) is 18.0. The van der Waals surface area contributed by atoms with Crippen LogP contribution in [0.15, 0.2) is 29.5 Å². The molecule has 1 aliphatic heterocycles. The van der Waals surface area contributed by atoms with Crippen molar-refractivity contribution >= 4 is 23.2 Å². The molecular formula is C17H21F2N3OS. The molecule has 0 aliphatic carbocycles. The fourth-order valence-corrected chi connectivity index (χ4v) is 3.05. The Hall–Kier alpha value is -2.02.